The first kappa shape index (κ1) is 19.6. The van der Waals surface area contributed by atoms with Gasteiger partial charge in [-0.2, -0.15) is 0 Å². The molecule has 116 valence electrons. The number of aromatic nitrogens is 1. The molecule has 1 aromatic heterocycles. The Kier molecular flexibility index (Phi) is 9.29. The van der Waals surface area contributed by atoms with Gasteiger partial charge in [-0.3, -0.25) is 4.99 Å². The molecule has 0 bridgehead atoms. The van der Waals surface area contributed by atoms with E-state index in [9.17, 15) is 0 Å². The number of halogens is 2. The average molecular weight is 413 g/mol. The third-order valence-corrected chi connectivity index (χ3v) is 3.26. The lowest BCUT2D eigenvalue weighted by Crippen LogP contribution is -2.39. The zero-order valence-corrected chi connectivity index (χ0v) is 16.1. The van der Waals surface area contributed by atoms with Crippen molar-refractivity contribution in [1.29, 1.82) is 0 Å². The van der Waals surface area contributed by atoms with E-state index in [1.165, 1.54) is 5.69 Å². The van der Waals surface area contributed by atoms with Crippen LogP contribution in [0.2, 0.25) is 5.02 Å². The van der Waals surface area contributed by atoms with Crippen molar-refractivity contribution in [2.24, 2.45) is 18.0 Å². The lowest BCUT2D eigenvalue weighted by atomic mass is 10.1. The highest BCUT2D eigenvalue weighted by molar-refractivity contribution is 14.0. The van der Waals surface area contributed by atoms with Crippen LogP contribution in [0.15, 0.2) is 17.3 Å². The van der Waals surface area contributed by atoms with Crippen LogP contribution < -0.4 is 5.32 Å². The first-order valence-corrected chi connectivity index (χ1v) is 7.04. The predicted molar refractivity (Wildman–Crippen MR) is 98.1 cm³/mol. The quantitative estimate of drug-likeness (QED) is 0.457. The maximum absolute atomic E-state index is 6.00. The molecule has 0 amide bonds. The number of hydrogen-bond donors (Lipinski definition) is 1. The molecule has 0 saturated heterocycles. The first-order chi connectivity index (χ1) is 8.93. The van der Waals surface area contributed by atoms with Gasteiger partial charge >= 0.3 is 0 Å². The molecule has 0 unspecified atom stereocenters. The number of aliphatic imine (C=N–C) groups is 1. The molecule has 1 heterocycles. The molecule has 1 N–H and O–H groups in total. The fourth-order valence-electron chi connectivity index (χ4n) is 1.90. The highest BCUT2D eigenvalue weighted by Crippen LogP contribution is 2.14. The van der Waals surface area contributed by atoms with Crippen LogP contribution in [-0.2, 0) is 13.6 Å². The SMILES string of the molecule is CN=C(NCCC(C)C)N(C)Cc1cc(Cl)cn1C.I. The van der Waals surface area contributed by atoms with Crippen molar-refractivity contribution in [2.75, 3.05) is 20.6 Å². The molecule has 4 nitrogen and oxygen atoms in total. The minimum absolute atomic E-state index is 0. The molecule has 0 atom stereocenters. The number of aryl methyl sites for hydroxylation is 1. The zero-order valence-electron chi connectivity index (χ0n) is 13.0. The number of nitrogens with zero attached hydrogens (tertiary/aromatic N) is 3. The lowest BCUT2D eigenvalue weighted by Gasteiger charge is -2.22. The van der Waals surface area contributed by atoms with Crippen LogP contribution in [0, 0.1) is 5.92 Å². The number of guanidine groups is 1. The Balaban J connectivity index is 0.00000361. The molecule has 0 spiro atoms. The Morgan fingerprint density at radius 1 is 1.50 bits per heavy atom. The van der Waals surface area contributed by atoms with Gasteiger partial charge in [-0.05, 0) is 18.4 Å². The van der Waals surface area contributed by atoms with Gasteiger partial charge in [0.2, 0.25) is 0 Å². The molecule has 6 heteroatoms. The van der Waals surface area contributed by atoms with Crippen LogP contribution >= 0.6 is 35.6 Å². The van der Waals surface area contributed by atoms with Gasteiger partial charge in [-0.15, -0.1) is 24.0 Å². The molecule has 0 radical (unpaired) electrons. The van der Waals surface area contributed by atoms with Crippen LogP contribution in [0.4, 0.5) is 0 Å². The van der Waals surface area contributed by atoms with Crippen molar-refractivity contribution >= 4 is 41.5 Å². The normalized spacial score (nSPS) is 11.4. The lowest BCUT2D eigenvalue weighted by molar-refractivity contribution is 0.456. The first-order valence-electron chi connectivity index (χ1n) is 6.66. The minimum Gasteiger partial charge on any atom is -0.356 e. The average Bonchev–Trinajstić information content (AvgIpc) is 2.63. The van der Waals surface area contributed by atoms with Crippen molar-refractivity contribution in [3.05, 3.63) is 23.0 Å². The van der Waals surface area contributed by atoms with Crippen molar-refractivity contribution in [2.45, 2.75) is 26.8 Å². The van der Waals surface area contributed by atoms with Gasteiger partial charge in [0.1, 0.15) is 0 Å². The van der Waals surface area contributed by atoms with E-state index in [1.807, 2.05) is 38.0 Å². The molecule has 0 saturated carbocycles. The molecule has 0 aliphatic rings. The summed E-state index contributed by atoms with van der Waals surface area (Å²) < 4.78 is 2.04. The predicted octanol–water partition coefficient (Wildman–Crippen LogP) is 3.35. The van der Waals surface area contributed by atoms with Crippen molar-refractivity contribution in [3.63, 3.8) is 0 Å². The number of rotatable bonds is 5. The Bertz CT molecular complexity index is 429. The molecule has 0 aliphatic carbocycles. The standard InChI is InChI=1S/C14H25ClN4.HI/c1-11(2)6-7-17-14(16-3)19(5)10-13-8-12(15)9-18(13)4;/h8-9,11H,6-7,10H2,1-5H3,(H,16,17);1H. The summed E-state index contributed by atoms with van der Waals surface area (Å²) in [6.07, 6.45) is 3.06. The van der Waals surface area contributed by atoms with Crippen LogP contribution in [0.25, 0.3) is 0 Å². The smallest absolute Gasteiger partial charge is 0.193 e. The molecular weight excluding hydrogens is 387 g/mol. The summed E-state index contributed by atoms with van der Waals surface area (Å²) in [5.74, 6) is 1.61. The summed E-state index contributed by atoms with van der Waals surface area (Å²) in [6, 6.07) is 1.99. The second kappa shape index (κ2) is 9.50. The summed E-state index contributed by atoms with van der Waals surface area (Å²) in [4.78, 5) is 6.41. The fourth-order valence-corrected chi connectivity index (χ4v) is 2.17. The van der Waals surface area contributed by atoms with Gasteiger partial charge < -0.3 is 14.8 Å². The molecule has 1 aromatic rings. The molecule has 0 aromatic carbocycles. The monoisotopic (exact) mass is 412 g/mol. The second-order valence-electron chi connectivity index (χ2n) is 5.27. The van der Waals surface area contributed by atoms with Gasteiger partial charge in [0.15, 0.2) is 5.96 Å². The summed E-state index contributed by atoms with van der Waals surface area (Å²) in [5.41, 5.74) is 1.17. The summed E-state index contributed by atoms with van der Waals surface area (Å²) >= 11 is 6.00. The van der Waals surface area contributed by atoms with Gasteiger partial charge in [0.25, 0.3) is 0 Å². The molecular formula is C14H26ClIN4. The third-order valence-electron chi connectivity index (χ3n) is 3.05. The van der Waals surface area contributed by atoms with Crippen LogP contribution in [0.5, 0.6) is 0 Å². The van der Waals surface area contributed by atoms with Crippen molar-refractivity contribution in [1.82, 2.24) is 14.8 Å². The molecule has 20 heavy (non-hydrogen) atoms. The topological polar surface area (TPSA) is 32.6 Å². The molecule has 0 fully saturated rings. The third kappa shape index (κ3) is 6.35. The fraction of sp³-hybridized carbons (Fsp3) is 0.643. The van der Waals surface area contributed by atoms with Crippen LogP contribution in [0.3, 0.4) is 0 Å². The zero-order chi connectivity index (χ0) is 14.4. The largest absolute Gasteiger partial charge is 0.356 e. The van der Waals surface area contributed by atoms with E-state index in [1.54, 1.807) is 0 Å². The van der Waals surface area contributed by atoms with Gasteiger partial charge in [-0.25, -0.2) is 0 Å². The Labute approximate surface area is 144 Å². The van der Waals surface area contributed by atoms with E-state index in [2.05, 4.69) is 29.1 Å². The van der Waals surface area contributed by atoms with Crippen molar-refractivity contribution in [3.8, 4) is 0 Å². The molecule has 0 aliphatic heterocycles. The van der Waals surface area contributed by atoms with Gasteiger partial charge in [-0.1, -0.05) is 25.4 Å². The Hall–Kier alpha value is -0.430. The minimum atomic E-state index is 0. The van der Waals surface area contributed by atoms with Crippen molar-refractivity contribution < 1.29 is 0 Å². The highest BCUT2D eigenvalue weighted by Gasteiger charge is 2.09. The summed E-state index contributed by atoms with van der Waals surface area (Å²) in [5, 5.41) is 4.15. The Morgan fingerprint density at radius 3 is 2.60 bits per heavy atom. The van der Waals surface area contributed by atoms with Crippen LogP contribution in [-0.4, -0.2) is 36.1 Å². The van der Waals surface area contributed by atoms with Gasteiger partial charge in [0, 0.05) is 39.6 Å². The number of hydrogen-bond acceptors (Lipinski definition) is 1. The summed E-state index contributed by atoms with van der Waals surface area (Å²) in [7, 11) is 5.85. The van der Waals surface area contributed by atoms with E-state index >= 15 is 0 Å². The second-order valence-corrected chi connectivity index (χ2v) is 5.71. The van der Waals surface area contributed by atoms with E-state index < -0.39 is 0 Å². The highest BCUT2D eigenvalue weighted by atomic mass is 127. The van der Waals surface area contributed by atoms with E-state index in [4.69, 9.17) is 11.6 Å². The van der Waals surface area contributed by atoms with E-state index in [-0.39, 0.29) is 24.0 Å². The Morgan fingerprint density at radius 2 is 2.15 bits per heavy atom. The number of nitrogens with one attached hydrogen (secondary N) is 1. The maximum Gasteiger partial charge on any atom is 0.193 e. The van der Waals surface area contributed by atoms with E-state index in [0.717, 1.165) is 30.5 Å². The molecule has 1 rings (SSSR count). The van der Waals surface area contributed by atoms with Gasteiger partial charge in [0.05, 0.1) is 11.6 Å². The van der Waals surface area contributed by atoms with E-state index in [0.29, 0.717) is 5.92 Å². The summed E-state index contributed by atoms with van der Waals surface area (Å²) in [6.45, 7) is 6.17. The maximum atomic E-state index is 6.00. The van der Waals surface area contributed by atoms with Crippen LogP contribution in [0.1, 0.15) is 26.0 Å².